The molecule has 2 aromatic rings. The molecule has 3 amide bonds. The van der Waals surface area contributed by atoms with Crippen LogP contribution in [0.3, 0.4) is 0 Å². The fourth-order valence-electron chi connectivity index (χ4n) is 2.87. The predicted octanol–water partition coefficient (Wildman–Crippen LogP) is 2.28. The van der Waals surface area contributed by atoms with Gasteiger partial charge >= 0.3 is 6.03 Å². The molecule has 1 saturated heterocycles. The second kappa shape index (κ2) is 5.53. The fourth-order valence-corrected chi connectivity index (χ4v) is 2.87. The molecule has 0 unspecified atom stereocenters. The smallest absolute Gasteiger partial charge is 0.332 e. The second-order valence-corrected chi connectivity index (χ2v) is 5.91. The summed E-state index contributed by atoms with van der Waals surface area (Å²) in [5, 5.41) is 28.2. The number of phenolic OH excluding ortho intramolecular Hbond substituents is 2. The van der Waals surface area contributed by atoms with Crippen LogP contribution in [-0.2, 0) is 10.3 Å². The van der Waals surface area contributed by atoms with E-state index in [4.69, 9.17) is 5.26 Å². The van der Waals surface area contributed by atoms with Gasteiger partial charge in [0.05, 0.1) is 11.3 Å². The Morgan fingerprint density at radius 1 is 1.08 bits per heavy atom. The average Bonchev–Trinajstić information content (AvgIpc) is 2.77. The van der Waals surface area contributed by atoms with Crippen LogP contribution in [0.25, 0.3) is 0 Å². The third kappa shape index (κ3) is 2.27. The SMILES string of the molecule is CN1C(=O)N(c2ccc(C#N)c(O)c2)C(=O)[C@@]1(C)c1ccc(O)cc1. The minimum absolute atomic E-state index is 0.0532. The van der Waals surface area contributed by atoms with Crippen LogP contribution in [0.15, 0.2) is 42.5 Å². The maximum Gasteiger partial charge on any atom is 0.332 e. The zero-order chi connectivity index (χ0) is 18.4. The van der Waals surface area contributed by atoms with E-state index in [2.05, 4.69) is 0 Å². The largest absolute Gasteiger partial charge is 0.508 e. The summed E-state index contributed by atoms with van der Waals surface area (Å²) in [5.41, 5.74) is -0.473. The van der Waals surface area contributed by atoms with Crippen molar-refractivity contribution in [3.8, 4) is 17.6 Å². The lowest BCUT2D eigenvalue weighted by Crippen LogP contribution is -2.42. The van der Waals surface area contributed by atoms with Crippen molar-refractivity contribution in [1.29, 1.82) is 5.26 Å². The average molecular weight is 337 g/mol. The number of hydrogen-bond acceptors (Lipinski definition) is 5. The molecule has 3 rings (SSSR count). The first-order valence-corrected chi connectivity index (χ1v) is 7.45. The molecule has 0 aromatic heterocycles. The molecular weight excluding hydrogens is 322 g/mol. The highest BCUT2D eigenvalue weighted by Gasteiger charge is 2.54. The number of likely N-dealkylation sites (N-methyl/N-ethyl adjacent to an activating group) is 1. The second-order valence-electron chi connectivity index (χ2n) is 5.91. The van der Waals surface area contributed by atoms with Crippen molar-refractivity contribution >= 4 is 17.6 Å². The summed E-state index contributed by atoms with van der Waals surface area (Å²) < 4.78 is 0. The summed E-state index contributed by atoms with van der Waals surface area (Å²) in [5.74, 6) is -0.739. The molecule has 0 radical (unpaired) electrons. The van der Waals surface area contributed by atoms with Gasteiger partial charge < -0.3 is 15.1 Å². The molecule has 1 atom stereocenters. The summed E-state index contributed by atoms with van der Waals surface area (Å²) >= 11 is 0. The fraction of sp³-hybridized carbons (Fsp3) is 0.167. The van der Waals surface area contributed by atoms with Crippen LogP contribution in [0, 0.1) is 11.3 Å². The number of nitriles is 1. The molecule has 25 heavy (non-hydrogen) atoms. The van der Waals surface area contributed by atoms with Crippen LogP contribution in [0.4, 0.5) is 10.5 Å². The number of aromatic hydroxyl groups is 2. The Balaban J connectivity index is 2.08. The van der Waals surface area contributed by atoms with E-state index < -0.39 is 17.5 Å². The highest BCUT2D eigenvalue weighted by molar-refractivity contribution is 6.23. The highest BCUT2D eigenvalue weighted by Crippen LogP contribution is 2.39. The number of hydrogen-bond donors (Lipinski definition) is 2. The molecule has 126 valence electrons. The highest BCUT2D eigenvalue weighted by atomic mass is 16.3. The van der Waals surface area contributed by atoms with Gasteiger partial charge in [-0.25, -0.2) is 9.69 Å². The zero-order valence-corrected chi connectivity index (χ0v) is 13.6. The Labute approximate surface area is 143 Å². The van der Waals surface area contributed by atoms with Gasteiger partial charge in [-0.2, -0.15) is 5.26 Å². The third-order valence-corrected chi connectivity index (χ3v) is 4.56. The van der Waals surface area contributed by atoms with Crippen molar-refractivity contribution < 1.29 is 19.8 Å². The first-order valence-electron chi connectivity index (χ1n) is 7.45. The van der Waals surface area contributed by atoms with Crippen LogP contribution in [0.5, 0.6) is 11.5 Å². The molecule has 0 saturated carbocycles. The Morgan fingerprint density at radius 2 is 1.72 bits per heavy atom. The maximum absolute atomic E-state index is 13.1. The van der Waals surface area contributed by atoms with Crippen molar-refractivity contribution in [3.05, 3.63) is 53.6 Å². The Hall–Kier alpha value is -3.53. The monoisotopic (exact) mass is 337 g/mol. The summed E-state index contributed by atoms with van der Waals surface area (Å²) in [4.78, 5) is 28.0. The van der Waals surface area contributed by atoms with Gasteiger partial charge in [-0.3, -0.25) is 4.79 Å². The quantitative estimate of drug-likeness (QED) is 0.818. The van der Waals surface area contributed by atoms with E-state index in [1.54, 1.807) is 19.1 Å². The van der Waals surface area contributed by atoms with E-state index in [-0.39, 0.29) is 22.7 Å². The van der Waals surface area contributed by atoms with Gasteiger partial charge in [-0.05, 0) is 36.8 Å². The lowest BCUT2D eigenvalue weighted by Gasteiger charge is -2.28. The van der Waals surface area contributed by atoms with E-state index in [0.29, 0.717) is 5.56 Å². The number of phenols is 2. The maximum atomic E-state index is 13.1. The molecule has 0 spiro atoms. The number of nitrogens with zero attached hydrogens (tertiary/aromatic N) is 3. The van der Waals surface area contributed by atoms with E-state index in [1.165, 1.54) is 42.3 Å². The number of imide groups is 1. The number of amides is 3. The Bertz CT molecular complexity index is 917. The molecule has 1 fully saturated rings. The van der Waals surface area contributed by atoms with Crippen molar-refractivity contribution in [2.75, 3.05) is 11.9 Å². The molecule has 2 aromatic carbocycles. The van der Waals surface area contributed by atoms with E-state index in [9.17, 15) is 19.8 Å². The third-order valence-electron chi connectivity index (χ3n) is 4.56. The van der Waals surface area contributed by atoms with Crippen LogP contribution in [-0.4, -0.2) is 34.1 Å². The van der Waals surface area contributed by atoms with E-state index in [0.717, 1.165) is 4.90 Å². The van der Waals surface area contributed by atoms with E-state index in [1.807, 2.05) is 6.07 Å². The van der Waals surface area contributed by atoms with Gasteiger partial charge in [0.2, 0.25) is 0 Å². The van der Waals surface area contributed by atoms with E-state index >= 15 is 0 Å². The number of anilines is 1. The van der Waals surface area contributed by atoms with Gasteiger partial charge in [0.25, 0.3) is 5.91 Å². The minimum atomic E-state index is -1.26. The van der Waals surface area contributed by atoms with Crippen molar-refractivity contribution in [2.24, 2.45) is 0 Å². The lowest BCUT2D eigenvalue weighted by molar-refractivity contribution is -0.124. The van der Waals surface area contributed by atoms with Gasteiger partial charge in [-0.1, -0.05) is 12.1 Å². The molecule has 2 N–H and O–H groups in total. The van der Waals surface area contributed by atoms with Gasteiger partial charge in [0.15, 0.2) is 0 Å². The molecule has 7 heteroatoms. The zero-order valence-electron chi connectivity index (χ0n) is 13.6. The van der Waals surface area contributed by atoms with Crippen LogP contribution in [0.2, 0.25) is 0 Å². The summed E-state index contributed by atoms with van der Waals surface area (Å²) in [6, 6.07) is 11.3. The van der Waals surface area contributed by atoms with Crippen molar-refractivity contribution in [3.63, 3.8) is 0 Å². The molecule has 0 bridgehead atoms. The van der Waals surface area contributed by atoms with Crippen LogP contribution < -0.4 is 4.90 Å². The van der Waals surface area contributed by atoms with Gasteiger partial charge in [0, 0.05) is 13.1 Å². The number of rotatable bonds is 2. The minimum Gasteiger partial charge on any atom is -0.508 e. The summed E-state index contributed by atoms with van der Waals surface area (Å²) in [7, 11) is 1.51. The Kier molecular flexibility index (Phi) is 3.61. The summed E-state index contributed by atoms with van der Waals surface area (Å²) in [6.07, 6.45) is 0. The molecule has 1 aliphatic heterocycles. The topological polar surface area (TPSA) is 105 Å². The predicted molar refractivity (Wildman–Crippen MR) is 88.9 cm³/mol. The Morgan fingerprint density at radius 3 is 2.28 bits per heavy atom. The molecule has 0 aliphatic carbocycles. The number of carbonyl (C=O) groups is 2. The standard InChI is InChI=1S/C18H15N3O4/c1-18(12-4-7-14(22)8-5-12)16(24)21(17(25)20(18)2)13-6-3-11(10-19)15(23)9-13/h3-9,22-23H,1-2H3/t18-/m1/s1. The van der Waals surface area contributed by atoms with Gasteiger partial charge in [0.1, 0.15) is 23.1 Å². The van der Waals surface area contributed by atoms with Crippen LogP contribution >= 0.6 is 0 Å². The number of benzene rings is 2. The number of carbonyl (C=O) groups excluding carboxylic acids is 2. The van der Waals surface area contributed by atoms with Crippen molar-refractivity contribution in [1.82, 2.24) is 4.90 Å². The molecule has 1 heterocycles. The first kappa shape index (κ1) is 16.3. The number of urea groups is 1. The lowest BCUT2D eigenvalue weighted by atomic mass is 9.90. The molecule has 7 nitrogen and oxygen atoms in total. The van der Waals surface area contributed by atoms with Gasteiger partial charge in [-0.15, -0.1) is 0 Å². The first-order chi connectivity index (χ1) is 11.8. The molecule has 1 aliphatic rings. The molecular formula is C18H15N3O4. The van der Waals surface area contributed by atoms with Crippen LogP contribution in [0.1, 0.15) is 18.1 Å². The summed E-state index contributed by atoms with van der Waals surface area (Å²) in [6.45, 7) is 1.61. The normalized spacial score (nSPS) is 20.0. The van der Waals surface area contributed by atoms with Crippen molar-refractivity contribution in [2.45, 2.75) is 12.5 Å².